The van der Waals surface area contributed by atoms with Crippen LogP contribution in [0.5, 0.6) is 0 Å². The molecule has 0 atom stereocenters. The maximum absolute atomic E-state index is 12.3. The maximum atomic E-state index is 12.3. The van der Waals surface area contributed by atoms with Crippen LogP contribution in [0, 0.1) is 3.95 Å². The normalized spacial score (nSPS) is 11.4. The van der Waals surface area contributed by atoms with Crippen molar-refractivity contribution in [3.8, 4) is 0 Å². The molecule has 0 fully saturated rings. The van der Waals surface area contributed by atoms with E-state index >= 15 is 0 Å². The van der Waals surface area contributed by atoms with Crippen LogP contribution in [0.3, 0.4) is 0 Å². The fourth-order valence-electron chi connectivity index (χ4n) is 2.05. The zero-order valence-electron chi connectivity index (χ0n) is 12.9. The predicted octanol–water partition coefficient (Wildman–Crippen LogP) is 2.67. The lowest BCUT2D eigenvalue weighted by atomic mass is 10.3. The van der Waals surface area contributed by atoms with Crippen molar-refractivity contribution in [2.24, 2.45) is 5.14 Å². The molecule has 2 amide bonds. The van der Waals surface area contributed by atoms with Gasteiger partial charge in [0.1, 0.15) is 10.6 Å². The Bertz CT molecular complexity index is 1100. The van der Waals surface area contributed by atoms with Gasteiger partial charge in [-0.1, -0.05) is 11.3 Å². The molecule has 11 heteroatoms. The first kappa shape index (κ1) is 17.5. The average molecular weight is 395 g/mol. The topological polar surface area (TPSA) is 121 Å². The number of fused-ring (bicyclic) bond motifs is 1. The highest BCUT2D eigenvalue weighted by molar-refractivity contribution is 7.89. The summed E-state index contributed by atoms with van der Waals surface area (Å²) in [5.41, 5.74) is 1.24. The number of benzene rings is 1. The molecule has 0 aliphatic rings. The van der Waals surface area contributed by atoms with Crippen molar-refractivity contribution >= 4 is 61.5 Å². The van der Waals surface area contributed by atoms with Crippen molar-refractivity contribution in [2.75, 3.05) is 17.3 Å². The molecule has 8 nitrogen and oxygen atoms in total. The molecule has 4 N–H and O–H groups in total. The monoisotopic (exact) mass is 395 g/mol. The first-order valence-electron chi connectivity index (χ1n) is 6.91. The van der Waals surface area contributed by atoms with E-state index < -0.39 is 16.1 Å². The number of hydrogen-bond acceptors (Lipinski definition) is 6. The van der Waals surface area contributed by atoms with E-state index in [0.29, 0.717) is 20.3 Å². The zero-order chi connectivity index (χ0) is 18.2. The minimum absolute atomic E-state index is 0.0281. The molecule has 0 aliphatic carbocycles. The third-order valence-corrected chi connectivity index (χ3v) is 5.43. The molecule has 25 heavy (non-hydrogen) atoms. The highest BCUT2D eigenvalue weighted by Crippen LogP contribution is 2.21. The molecule has 130 valence electrons. The first-order valence-corrected chi connectivity index (χ1v) is 9.68. The number of nitrogens with zero attached hydrogens (tertiary/aromatic N) is 2. The maximum Gasteiger partial charge on any atom is 0.327 e. The van der Waals surface area contributed by atoms with Gasteiger partial charge < -0.3 is 10.3 Å². The van der Waals surface area contributed by atoms with Crippen LogP contribution in [0.2, 0.25) is 0 Å². The number of aromatic nitrogens is 2. The first-order chi connectivity index (χ1) is 11.7. The van der Waals surface area contributed by atoms with E-state index in [9.17, 15) is 13.2 Å². The molecule has 0 bridgehead atoms. The number of sulfonamides is 1. The Balaban J connectivity index is 1.78. The Kier molecular flexibility index (Phi) is 4.56. The van der Waals surface area contributed by atoms with Crippen LogP contribution in [-0.4, -0.2) is 31.5 Å². The summed E-state index contributed by atoms with van der Waals surface area (Å²) in [6.45, 7) is 0. The SMILES string of the molecule is CN(C(=O)Nc1ccc(S(N)(=O)=O)cc1)c1ccc2[nH]c(=S)sc2n1. The molecule has 0 saturated carbocycles. The van der Waals surface area contributed by atoms with Gasteiger partial charge in [0.05, 0.1) is 10.4 Å². The van der Waals surface area contributed by atoms with Crippen LogP contribution in [0.15, 0.2) is 41.3 Å². The molecule has 1 aromatic carbocycles. The summed E-state index contributed by atoms with van der Waals surface area (Å²) in [5.74, 6) is 0.455. The molecule has 2 aromatic heterocycles. The Morgan fingerprint density at radius 3 is 2.60 bits per heavy atom. The Morgan fingerprint density at radius 1 is 1.28 bits per heavy atom. The summed E-state index contributed by atoms with van der Waals surface area (Å²) in [5, 5.41) is 7.70. The molecular weight excluding hydrogens is 382 g/mol. The van der Waals surface area contributed by atoms with Crippen LogP contribution < -0.4 is 15.4 Å². The third-order valence-electron chi connectivity index (χ3n) is 3.35. The molecular formula is C14H13N5O3S3. The number of carbonyl (C=O) groups is 1. The predicted molar refractivity (Wildman–Crippen MR) is 100 cm³/mol. The molecule has 0 aliphatic heterocycles. The van der Waals surface area contributed by atoms with E-state index in [4.69, 9.17) is 17.4 Å². The van der Waals surface area contributed by atoms with Crippen molar-refractivity contribution in [1.29, 1.82) is 0 Å². The number of pyridine rings is 1. The number of primary sulfonamides is 1. The second-order valence-electron chi connectivity index (χ2n) is 5.10. The van der Waals surface area contributed by atoms with Gasteiger partial charge in [-0.25, -0.2) is 23.3 Å². The Labute approximate surface area is 152 Å². The lowest BCUT2D eigenvalue weighted by molar-refractivity contribution is 0.258. The highest BCUT2D eigenvalue weighted by atomic mass is 32.2. The number of carbonyl (C=O) groups excluding carboxylic acids is 1. The molecule has 2 heterocycles. The van der Waals surface area contributed by atoms with Crippen molar-refractivity contribution in [1.82, 2.24) is 9.97 Å². The fourth-order valence-corrected chi connectivity index (χ4v) is 3.62. The van der Waals surface area contributed by atoms with Crippen molar-refractivity contribution in [3.05, 3.63) is 40.4 Å². The molecule has 0 unspecified atom stereocenters. The lowest BCUT2D eigenvalue weighted by Gasteiger charge is -2.17. The quantitative estimate of drug-likeness (QED) is 0.589. The number of nitrogens with two attached hydrogens (primary N) is 1. The van der Waals surface area contributed by atoms with Gasteiger partial charge >= 0.3 is 6.03 Å². The van der Waals surface area contributed by atoms with Gasteiger partial charge in [-0.05, 0) is 48.6 Å². The van der Waals surface area contributed by atoms with E-state index in [2.05, 4.69) is 15.3 Å². The summed E-state index contributed by atoms with van der Waals surface area (Å²) >= 11 is 6.40. The summed E-state index contributed by atoms with van der Waals surface area (Å²) in [6.07, 6.45) is 0. The van der Waals surface area contributed by atoms with Gasteiger partial charge in [0.2, 0.25) is 10.0 Å². The fraction of sp³-hybridized carbons (Fsp3) is 0.0714. The average Bonchev–Trinajstić information content (AvgIpc) is 2.92. The number of rotatable bonds is 3. The van der Waals surface area contributed by atoms with Crippen molar-refractivity contribution in [2.45, 2.75) is 4.90 Å². The summed E-state index contributed by atoms with van der Waals surface area (Å²) in [7, 11) is -2.19. The van der Waals surface area contributed by atoms with Gasteiger partial charge in [0.25, 0.3) is 0 Å². The number of hydrogen-bond donors (Lipinski definition) is 3. The second-order valence-corrected chi connectivity index (χ2v) is 8.32. The van der Waals surface area contributed by atoms with Crippen LogP contribution in [0.25, 0.3) is 10.3 Å². The largest absolute Gasteiger partial charge is 0.336 e. The van der Waals surface area contributed by atoms with E-state index in [0.717, 1.165) is 5.52 Å². The zero-order valence-corrected chi connectivity index (χ0v) is 15.3. The number of nitrogens with one attached hydrogen (secondary N) is 2. The minimum atomic E-state index is -3.77. The van der Waals surface area contributed by atoms with Gasteiger partial charge in [-0.3, -0.25) is 4.90 Å². The Hall–Kier alpha value is -2.34. The van der Waals surface area contributed by atoms with Crippen molar-refractivity contribution < 1.29 is 13.2 Å². The van der Waals surface area contributed by atoms with E-state index in [-0.39, 0.29) is 4.90 Å². The molecule has 0 spiro atoms. The van der Waals surface area contributed by atoms with Gasteiger partial charge in [0.15, 0.2) is 3.95 Å². The number of aromatic amines is 1. The van der Waals surface area contributed by atoms with E-state index in [1.54, 1.807) is 19.2 Å². The van der Waals surface area contributed by atoms with Crippen LogP contribution >= 0.6 is 23.6 Å². The van der Waals surface area contributed by atoms with Gasteiger partial charge in [-0.2, -0.15) is 0 Å². The molecule has 3 aromatic rings. The Morgan fingerprint density at radius 2 is 1.96 bits per heavy atom. The minimum Gasteiger partial charge on any atom is -0.336 e. The number of thiazole rings is 1. The van der Waals surface area contributed by atoms with Gasteiger partial charge in [0, 0.05) is 12.7 Å². The summed E-state index contributed by atoms with van der Waals surface area (Å²) in [4.78, 5) is 21.8. The number of amides is 2. The lowest BCUT2D eigenvalue weighted by Crippen LogP contribution is -2.31. The number of H-pyrrole nitrogens is 1. The second kappa shape index (κ2) is 6.52. The molecule has 3 rings (SSSR count). The van der Waals surface area contributed by atoms with Gasteiger partial charge in [-0.15, -0.1) is 0 Å². The summed E-state index contributed by atoms with van der Waals surface area (Å²) < 4.78 is 23.1. The molecule has 0 radical (unpaired) electrons. The van der Waals surface area contributed by atoms with Crippen LogP contribution in [0.4, 0.5) is 16.3 Å². The summed E-state index contributed by atoms with van der Waals surface area (Å²) in [6, 6.07) is 8.64. The number of urea groups is 1. The van der Waals surface area contributed by atoms with Crippen LogP contribution in [0.1, 0.15) is 0 Å². The third kappa shape index (κ3) is 3.85. The standard InChI is InChI=1S/C14H13N5O3S3/c1-19(11-7-6-10-12(18-11)24-14(23)17-10)13(20)16-8-2-4-9(5-3-8)25(15,21)22/h2-7H,1H3,(H,16,20)(H,17,23)(H2,15,21,22). The van der Waals surface area contributed by atoms with Crippen LogP contribution in [-0.2, 0) is 10.0 Å². The molecule has 0 saturated heterocycles. The smallest absolute Gasteiger partial charge is 0.327 e. The van der Waals surface area contributed by atoms with Crippen molar-refractivity contribution in [3.63, 3.8) is 0 Å². The number of anilines is 2. The van der Waals surface area contributed by atoms with E-state index in [1.807, 2.05) is 0 Å². The highest BCUT2D eigenvalue weighted by Gasteiger charge is 2.14. The van der Waals surface area contributed by atoms with E-state index in [1.165, 1.54) is 40.5 Å².